The molecule has 3 nitrogen and oxygen atoms in total. The van der Waals surface area contributed by atoms with Crippen LogP contribution in [0.2, 0.25) is 0 Å². The molecule has 144 valence electrons. The summed E-state index contributed by atoms with van der Waals surface area (Å²) in [6.07, 6.45) is 4.25. The number of fused-ring (bicyclic) bond motifs is 2. The summed E-state index contributed by atoms with van der Waals surface area (Å²) in [6, 6.07) is 26.1. The van der Waals surface area contributed by atoms with Gasteiger partial charge in [0.15, 0.2) is 11.6 Å². The Morgan fingerprint density at radius 2 is 1.33 bits per heavy atom. The van der Waals surface area contributed by atoms with Gasteiger partial charge in [-0.2, -0.15) is 0 Å². The van der Waals surface area contributed by atoms with Crippen LogP contribution in [0.4, 0.5) is 0 Å². The van der Waals surface area contributed by atoms with Crippen molar-refractivity contribution < 1.29 is 9.59 Å². The van der Waals surface area contributed by atoms with Crippen LogP contribution in [0.1, 0.15) is 27.1 Å². The summed E-state index contributed by atoms with van der Waals surface area (Å²) in [4.78, 5) is 30.9. The van der Waals surface area contributed by atoms with Gasteiger partial charge in [0, 0.05) is 23.1 Å². The van der Waals surface area contributed by atoms with Crippen molar-refractivity contribution in [3.8, 4) is 0 Å². The van der Waals surface area contributed by atoms with E-state index in [4.69, 9.17) is 4.99 Å². The fraction of sp³-hybridized carbons (Fsp3) is 0.0741. The molecule has 1 aliphatic heterocycles. The van der Waals surface area contributed by atoms with Gasteiger partial charge < -0.3 is 0 Å². The van der Waals surface area contributed by atoms with Gasteiger partial charge in [0.2, 0.25) is 0 Å². The van der Waals surface area contributed by atoms with E-state index in [0.29, 0.717) is 22.4 Å². The Morgan fingerprint density at radius 3 is 2.03 bits per heavy atom. The number of nitrogens with zero attached hydrogens (tertiary/aromatic N) is 1. The van der Waals surface area contributed by atoms with E-state index in [-0.39, 0.29) is 24.0 Å². The molecule has 0 bridgehead atoms. The van der Waals surface area contributed by atoms with Gasteiger partial charge in [-0.25, -0.2) is 0 Å². The average molecular weight is 389 g/mol. The van der Waals surface area contributed by atoms with Crippen molar-refractivity contribution in [3.63, 3.8) is 0 Å². The van der Waals surface area contributed by atoms with Crippen LogP contribution < -0.4 is 10.4 Å². The number of hydrogen-bond donors (Lipinski definition) is 0. The van der Waals surface area contributed by atoms with Crippen LogP contribution in [0.3, 0.4) is 0 Å². The van der Waals surface area contributed by atoms with Crippen LogP contribution in [-0.2, 0) is 0 Å². The monoisotopic (exact) mass is 389 g/mol. The third-order valence-electron chi connectivity index (χ3n) is 5.51. The van der Waals surface area contributed by atoms with Gasteiger partial charge >= 0.3 is 0 Å². The Hall–Kier alpha value is -3.85. The molecule has 1 heterocycles. The molecule has 0 saturated heterocycles. The minimum atomic E-state index is -0.288. The number of dihydropyridines is 1. The van der Waals surface area contributed by atoms with Crippen LogP contribution in [0, 0.1) is 0 Å². The largest absolute Gasteiger partial charge is 0.294 e. The molecule has 3 aromatic rings. The zero-order chi connectivity index (χ0) is 20.5. The van der Waals surface area contributed by atoms with Gasteiger partial charge in [-0.1, -0.05) is 97.1 Å². The summed E-state index contributed by atoms with van der Waals surface area (Å²) in [5.74, 6) is 0.00438. The number of ketones is 2. The second kappa shape index (κ2) is 7.53. The van der Waals surface area contributed by atoms with E-state index in [9.17, 15) is 9.59 Å². The molecule has 0 spiro atoms. The Bertz CT molecular complexity index is 1330. The fourth-order valence-electron chi connectivity index (χ4n) is 4.05. The molecule has 5 rings (SSSR count). The van der Waals surface area contributed by atoms with Crippen LogP contribution in [-0.4, -0.2) is 23.3 Å². The van der Waals surface area contributed by atoms with Crippen molar-refractivity contribution in [1.82, 2.24) is 0 Å². The van der Waals surface area contributed by atoms with Crippen molar-refractivity contribution in [1.29, 1.82) is 0 Å². The Labute approximate surface area is 174 Å². The predicted octanol–water partition coefficient (Wildman–Crippen LogP) is 3.54. The minimum absolute atomic E-state index is 0.0414. The summed E-state index contributed by atoms with van der Waals surface area (Å²) >= 11 is 0. The van der Waals surface area contributed by atoms with Crippen LogP contribution in [0.25, 0.3) is 11.1 Å². The number of aliphatic imine (C=N–C) groups is 1. The van der Waals surface area contributed by atoms with E-state index in [0.717, 1.165) is 16.0 Å². The number of Topliss-reactive ketones (excluding diaryl/α,β-unsaturated/α-hetero) is 2. The Kier molecular flexibility index (Phi) is 4.56. The summed E-state index contributed by atoms with van der Waals surface area (Å²) in [5, 5.41) is 1.92. The highest BCUT2D eigenvalue weighted by Crippen LogP contribution is 2.24. The van der Waals surface area contributed by atoms with E-state index in [1.807, 2.05) is 97.1 Å². The average Bonchev–Trinajstić information content (AvgIpc) is 3.13. The molecular formula is C27H19NO2. The highest BCUT2D eigenvalue weighted by Gasteiger charge is 2.29. The van der Waals surface area contributed by atoms with Gasteiger partial charge in [0.05, 0.1) is 17.3 Å². The molecule has 0 saturated carbocycles. The zero-order valence-corrected chi connectivity index (χ0v) is 16.3. The summed E-state index contributed by atoms with van der Waals surface area (Å²) < 4.78 is 0. The lowest BCUT2D eigenvalue weighted by Gasteiger charge is -2.17. The second-order valence-electron chi connectivity index (χ2n) is 7.43. The lowest BCUT2D eigenvalue weighted by atomic mass is 9.94. The first-order chi connectivity index (χ1) is 14.7. The Balaban J connectivity index is 1.56. The van der Waals surface area contributed by atoms with Crippen LogP contribution in [0.5, 0.6) is 0 Å². The molecule has 2 aliphatic rings. The molecule has 0 aromatic heterocycles. The van der Waals surface area contributed by atoms with Crippen molar-refractivity contribution in [2.75, 3.05) is 0 Å². The number of carbonyl (C=O) groups is 2. The van der Waals surface area contributed by atoms with Gasteiger partial charge in [0.1, 0.15) is 0 Å². The summed E-state index contributed by atoms with van der Waals surface area (Å²) in [6.45, 7) is 0. The molecular weight excluding hydrogens is 370 g/mol. The van der Waals surface area contributed by atoms with Crippen molar-refractivity contribution in [2.24, 2.45) is 4.99 Å². The predicted molar refractivity (Wildman–Crippen MR) is 119 cm³/mol. The lowest BCUT2D eigenvalue weighted by Crippen LogP contribution is -2.25. The van der Waals surface area contributed by atoms with E-state index >= 15 is 0 Å². The third kappa shape index (κ3) is 3.15. The number of benzene rings is 3. The first-order valence-corrected chi connectivity index (χ1v) is 10.0. The SMILES string of the molecule is O=C(CC1C=CC2=c3ccccc3=C(C(=O)c3ccccc3)C2=N1)c1ccccc1. The number of hydrogen-bond acceptors (Lipinski definition) is 3. The third-order valence-corrected chi connectivity index (χ3v) is 5.51. The molecule has 0 fully saturated rings. The minimum Gasteiger partial charge on any atom is -0.294 e. The normalized spacial score (nSPS) is 16.7. The van der Waals surface area contributed by atoms with Crippen molar-refractivity contribution in [3.05, 3.63) is 119 Å². The van der Waals surface area contributed by atoms with Crippen molar-refractivity contribution >= 4 is 28.4 Å². The van der Waals surface area contributed by atoms with E-state index in [1.165, 1.54) is 0 Å². The maximum Gasteiger partial charge on any atom is 0.195 e. The molecule has 0 radical (unpaired) electrons. The quantitative estimate of drug-likeness (QED) is 0.627. The molecule has 1 atom stereocenters. The van der Waals surface area contributed by atoms with E-state index < -0.39 is 0 Å². The second-order valence-corrected chi connectivity index (χ2v) is 7.43. The van der Waals surface area contributed by atoms with Gasteiger partial charge in [-0.3, -0.25) is 14.6 Å². The maximum atomic E-state index is 13.4. The molecule has 0 N–H and O–H groups in total. The molecule has 1 unspecified atom stereocenters. The topological polar surface area (TPSA) is 46.5 Å². The van der Waals surface area contributed by atoms with Crippen molar-refractivity contribution in [2.45, 2.75) is 12.5 Å². The molecule has 3 aromatic carbocycles. The van der Waals surface area contributed by atoms with Crippen LogP contribution in [0.15, 0.2) is 102 Å². The van der Waals surface area contributed by atoms with Gasteiger partial charge in [-0.05, 0) is 10.4 Å². The summed E-state index contributed by atoms with van der Waals surface area (Å²) in [5.41, 5.74) is 3.58. The highest BCUT2D eigenvalue weighted by atomic mass is 16.1. The fourth-order valence-corrected chi connectivity index (χ4v) is 4.05. The standard InChI is InChI=1S/C27H19NO2/c29-24(18-9-3-1-4-10-18)17-20-15-16-23-21-13-7-8-14-22(21)25(26(23)28-20)27(30)19-11-5-2-6-12-19/h1-16,20H,17H2. The van der Waals surface area contributed by atoms with E-state index in [2.05, 4.69) is 0 Å². The molecule has 3 heteroatoms. The zero-order valence-electron chi connectivity index (χ0n) is 16.3. The van der Waals surface area contributed by atoms with Crippen LogP contribution >= 0.6 is 0 Å². The highest BCUT2D eigenvalue weighted by molar-refractivity contribution is 6.58. The Morgan fingerprint density at radius 1 is 0.733 bits per heavy atom. The number of allylic oxidation sites excluding steroid dienone is 1. The molecule has 1 aliphatic carbocycles. The van der Waals surface area contributed by atoms with Gasteiger partial charge in [0.25, 0.3) is 0 Å². The first kappa shape index (κ1) is 18.2. The number of carbonyl (C=O) groups excluding carboxylic acids is 2. The number of rotatable bonds is 5. The smallest absolute Gasteiger partial charge is 0.195 e. The summed E-state index contributed by atoms with van der Waals surface area (Å²) in [7, 11) is 0. The molecule has 0 amide bonds. The molecule has 30 heavy (non-hydrogen) atoms. The maximum absolute atomic E-state index is 13.4. The van der Waals surface area contributed by atoms with Gasteiger partial charge in [-0.15, -0.1) is 0 Å². The first-order valence-electron chi connectivity index (χ1n) is 10.0. The lowest BCUT2D eigenvalue weighted by molar-refractivity contribution is 0.0979. The van der Waals surface area contributed by atoms with E-state index in [1.54, 1.807) is 0 Å².